The number of hydrogen-bond donors (Lipinski definition) is 1. The quantitative estimate of drug-likeness (QED) is 0.790. The summed E-state index contributed by atoms with van der Waals surface area (Å²) in [6.07, 6.45) is 2.17. The third kappa shape index (κ3) is 4.15. The number of hydrogen-bond acceptors (Lipinski definition) is 5. The standard InChI is InChI=1S/C22H27N3O4S/c1-16(26)25-14-9-17-15-21(7-8-22(17)25)30(27,28)23-18-10-12-24(13-11-18)19-3-5-20(29-2)6-4-19/h3-8,15,18,23H,9-14H2,1-2H3. The highest BCUT2D eigenvalue weighted by atomic mass is 32.2. The van der Waals surface area contributed by atoms with Gasteiger partial charge in [0, 0.05) is 44.0 Å². The molecular formula is C22H27N3O4S. The van der Waals surface area contributed by atoms with Crippen molar-refractivity contribution in [3.8, 4) is 5.75 Å². The molecule has 0 aromatic heterocycles. The molecule has 160 valence electrons. The highest BCUT2D eigenvalue weighted by Crippen LogP contribution is 2.30. The number of fused-ring (bicyclic) bond motifs is 1. The fourth-order valence-corrected chi connectivity index (χ4v) is 5.56. The first-order chi connectivity index (χ1) is 14.4. The lowest BCUT2D eigenvalue weighted by Crippen LogP contribution is -2.44. The highest BCUT2D eigenvalue weighted by Gasteiger charge is 2.28. The van der Waals surface area contributed by atoms with Crippen molar-refractivity contribution in [1.29, 1.82) is 0 Å². The fourth-order valence-electron chi connectivity index (χ4n) is 4.21. The van der Waals surface area contributed by atoms with Gasteiger partial charge in [-0.05, 0) is 67.3 Å². The number of ether oxygens (including phenoxy) is 1. The number of rotatable bonds is 5. The minimum Gasteiger partial charge on any atom is -0.497 e. The predicted octanol–water partition coefficient (Wildman–Crippen LogP) is 2.55. The average Bonchev–Trinajstić information content (AvgIpc) is 3.18. The maximum absolute atomic E-state index is 12.9. The minimum absolute atomic E-state index is 0.0221. The van der Waals surface area contributed by atoms with E-state index in [0.717, 1.165) is 48.6 Å². The molecule has 2 aromatic rings. The van der Waals surface area contributed by atoms with E-state index in [0.29, 0.717) is 13.0 Å². The zero-order valence-electron chi connectivity index (χ0n) is 17.3. The Hall–Kier alpha value is -2.58. The molecule has 2 aliphatic rings. The van der Waals surface area contributed by atoms with Crippen LogP contribution in [-0.2, 0) is 21.2 Å². The first-order valence-corrected chi connectivity index (χ1v) is 11.7. The van der Waals surface area contributed by atoms with Crippen LogP contribution in [0.3, 0.4) is 0 Å². The van der Waals surface area contributed by atoms with Gasteiger partial charge in [0.1, 0.15) is 5.75 Å². The number of amides is 1. The van der Waals surface area contributed by atoms with Gasteiger partial charge in [-0.15, -0.1) is 0 Å². The van der Waals surface area contributed by atoms with Gasteiger partial charge in [-0.25, -0.2) is 13.1 Å². The number of nitrogens with zero attached hydrogens (tertiary/aromatic N) is 2. The van der Waals surface area contributed by atoms with Crippen LogP contribution in [0.15, 0.2) is 47.4 Å². The molecule has 0 aliphatic carbocycles. The molecule has 1 fully saturated rings. The molecule has 1 N–H and O–H groups in total. The molecule has 30 heavy (non-hydrogen) atoms. The SMILES string of the molecule is COc1ccc(N2CCC(NS(=O)(=O)c3ccc4c(c3)CCN4C(C)=O)CC2)cc1. The van der Waals surface area contributed by atoms with Crippen LogP contribution < -0.4 is 19.3 Å². The molecule has 2 aromatic carbocycles. The van der Waals surface area contributed by atoms with E-state index in [2.05, 4.69) is 9.62 Å². The smallest absolute Gasteiger partial charge is 0.240 e. The Kier molecular flexibility index (Phi) is 5.71. The summed E-state index contributed by atoms with van der Waals surface area (Å²) in [6.45, 7) is 3.71. The van der Waals surface area contributed by atoms with Crippen molar-refractivity contribution in [2.75, 3.05) is 36.5 Å². The van der Waals surface area contributed by atoms with Gasteiger partial charge in [0.25, 0.3) is 0 Å². The molecule has 1 amide bonds. The number of nitrogens with one attached hydrogen (secondary N) is 1. The summed E-state index contributed by atoms with van der Waals surface area (Å²) in [5, 5.41) is 0. The van der Waals surface area contributed by atoms with Crippen LogP contribution in [-0.4, -0.2) is 47.1 Å². The van der Waals surface area contributed by atoms with Crippen molar-refractivity contribution in [2.45, 2.75) is 37.1 Å². The van der Waals surface area contributed by atoms with Crippen LogP contribution >= 0.6 is 0 Å². The third-order valence-electron chi connectivity index (χ3n) is 5.89. The Morgan fingerprint density at radius 1 is 1.07 bits per heavy atom. The van der Waals surface area contributed by atoms with E-state index >= 15 is 0 Å². The first kappa shape index (κ1) is 20.7. The van der Waals surface area contributed by atoms with Crippen LogP contribution in [0.5, 0.6) is 5.75 Å². The number of benzene rings is 2. The number of anilines is 2. The number of sulfonamides is 1. The van der Waals surface area contributed by atoms with Crippen LogP contribution in [0.25, 0.3) is 0 Å². The topological polar surface area (TPSA) is 79.0 Å². The van der Waals surface area contributed by atoms with Gasteiger partial charge in [0.05, 0.1) is 12.0 Å². The second kappa shape index (κ2) is 8.28. The van der Waals surface area contributed by atoms with Crippen LogP contribution in [0, 0.1) is 0 Å². The van der Waals surface area contributed by atoms with Gasteiger partial charge in [0.15, 0.2) is 0 Å². The predicted molar refractivity (Wildman–Crippen MR) is 117 cm³/mol. The summed E-state index contributed by atoms with van der Waals surface area (Å²) in [5.74, 6) is 0.799. The summed E-state index contributed by atoms with van der Waals surface area (Å²) < 4.78 is 33.9. The molecule has 2 heterocycles. The molecule has 0 bridgehead atoms. The Bertz CT molecular complexity index is 1030. The molecule has 2 aliphatic heterocycles. The maximum atomic E-state index is 12.9. The molecule has 0 spiro atoms. The van der Waals surface area contributed by atoms with Crippen molar-refractivity contribution in [2.24, 2.45) is 0 Å². The number of piperidine rings is 1. The molecule has 0 atom stereocenters. The summed E-state index contributed by atoms with van der Waals surface area (Å²) in [7, 11) is -1.95. The normalized spacial score (nSPS) is 17.1. The average molecular weight is 430 g/mol. The molecule has 4 rings (SSSR count). The lowest BCUT2D eigenvalue weighted by molar-refractivity contribution is -0.116. The van der Waals surface area contributed by atoms with Gasteiger partial charge < -0.3 is 14.5 Å². The van der Waals surface area contributed by atoms with E-state index in [-0.39, 0.29) is 16.8 Å². The van der Waals surface area contributed by atoms with E-state index in [9.17, 15) is 13.2 Å². The molecule has 7 nitrogen and oxygen atoms in total. The second-order valence-electron chi connectivity index (χ2n) is 7.79. The van der Waals surface area contributed by atoms with E-state index in [4.69, 9.17) is 4.74 Å². The Balaban J connectivity index is 1.39. The number of methoxy groups -OCH3 is 1. The largest absolute Gasteiger partial charge is 0.497 e. The van der Waals surface area contributed by atoms with Crippen molar-refractivity contribution in [3.63, 3.8) is 0 Å². The van der Waals surface area contributed by atoms with Gasteiger partial charge in [-0.3, -0.25) is 4.79 Å². The molecule has 0 saturated carbocycles. The highest BCUT2D eigenvalue weighted by molar-refractivity contribution is 7.89. The molecular weight excluding hydrogens is 402 g/mol. The van der Waals surface area contributed by atoms with E-state index in [1.165, 1.54) is 6.92 Å². The van der Waals surface area contributed by atoms with E-state index in [1.807, 2.05) is 24.3 Å². The summed E-state index contributed by atoms with van der Waals surface area (Å²) >= 11 is 0. The lowest BCUT2D eigenvalue weighted by atomic mass is 10.1. The van der Waals surface area contributed by atoms with Crippen molar-refractivity contribution < 1.29 is 17.9 Å². The van der Waals surface area contributed by atoms with Crippen molar-refractivity contribution >= 4 is 27.3 Å². The van der Waals surface area contributed by atoms with Crippen LogP contribution in [0.1, 0.15) is 25.3 Å². The monoisotopic (exact) mass is 429 g/mol. The Labute approximate surface area is 177 Å². The molecule has 1 saturated heterocycles. The van der Waals surface area contributed by atoms with Gasteiger partial charge in [-0.2, -0.15) is 0 Å². The lowest BCUT2D eigenvalue weighted by Gasteiger charge is -2.33. The number of carbonyl (C=O) groups is 1. The zero-order chi connectivity index (χ0) is 21.3. The van der Waals surface area contributed by atoms with E-state index in [1.54, 1.807) is 30.2 Å². The molecule has 0 unspecified atom stereocenters. The maximum Gasteiger partial charge on any atom is 0.240 e. The van der Waals surface area contributed by atoms with Crippen molar-refractivity contribution in [1.82, 2.24) is 4.72 Å². The summed E-state index contributed by atoms with van der Waals surface area (Å²) in [5.41, 5.74) is 2.84. The van der Waals surface area contributed by atoms with Crippen molar-refractivity contribution in [3.05, 3.63) is 48.0 Å². The minimum atomic E-state index is -3.60. The van der Waals surface area contributed by atoms with Gasteiger partial charge in [0.2, 0.25) is 15.9 Å². The van der Waals surface area contributed by atoms with Crippen LogP contribution in [0.4, 0.5) is 11.4 Å². The zero-order valence-corrected chi connectivity index (χ0v) is 18.1. The molecule has 0 radical (unpaired) electrons. The third-order valence-corrected chi connectivity index (χ3v) is 7.41. The van der Waals surface area contributed by atoms with Crippen LogP contribution in [0.2, 0.25) is 0 Å². The first-order valence-electron chi connectivity index (χ1n) is 10.2. The second-order valence-corrected chi connectivity index (χ2v) is 9.51. The fraction of sp³-hybridized carbons (Fsp3) is 0.409. The Morgan fingerprint density at radius 2 is 1.77 bits per heavy atom. The Morgan fingerprint density at radius 3 is 2.40 bits per heavy atom. The summed E-state index contributed by atoms with van der Waals surface area (Å²) in [6, 6.07) is 12.9. The summed E-state index contributed by atoms with van der Waals surface area (Å²) in [4.78, 5) is 15.9. The van der Waals surface area contributed by atoms with E-state index < -0.39 is 10.0 Å². The number of carbonyl (C=O) groups excluding carboxylic acids is 1. The molecule has 8 heteroatoms. The van der Waals surface area contributed by atoms with Gasteiger partial charge >= 0.3 is 0 Å². The van der Waals surface area contributed by atoms with Gasteiger partial charge in [-0.1, -0.05) is 0 Å².